The lowest BCUT2D eigenvalue weighted by molar-refractivity contribution is 0.457. The molecule has 3 rings (SSSR count). The number of pyridine rings is 1. The fraction of sp³-hybridized carbons (Fsp3) is 0.267. The number of halogens is 1. The van der Waals surface area contributed by atoms with Crippen LogP contribution in [0.4, 0.5) is 4.39 Å². The zero-order valence-corrected chi connectivity index (χ0v) is 10.5. The van der Waals surface area contributed by atoms with Crippen LogP contribution in [-0.2, 0) is 6.54 Å². The average molecular weight is 258 g/mol. The van der Waals surface area contributed by atoms with Crippen molar-refractivity contribution < 1.29 is 9.13 Å². The standard InChI is InChI=1S/C15H15FN2O/c16-12-2-1-3-14(8-12)19-15-7-4-11(10-18-15)9-17-13-5-6-13/h1-4,7-8,10,13,17H,5-6,9H2. The molecular weight excluding hydrogens is 243 g/mol. The summed E-state index contributed by atoms with van der Waals surface area (Å²) in [5.74, 6) is 0.611. The number of hydrogen-bond acceptors (Lipinski definition) is 3. The molecule has 0 amide bonds. The number of rotatable bonds is 5. The van der Waals surface area contributed by atoms with Gasteiger partial charge in [-0.1, -0.05) is 12.1 Å². The summed E-state index contributed by atoms with van der Waals surface area (Å²) in [6.07, 6.45) is 4.33. The van der Waals surface area contributed by atoms with Gasteiger partial charge >= 0.3 is 0 Å². The molecule has 19 heavy (non-hydrogen) atoms. The van der Waals surface area contributed by atoms with Gasteiger partial charge in [-0.2, -0.15) is 0 Å². The second-order valence-corrected chi connectivity index (χ2v) is 4.72. The fourth-order valence-corrected chi connectivity index (χ4v) is 1.78. The number of benzene rings is 1. The van der Waals surface area contributed by atoms with Gasteiger partial charge in [-0.05, 0) is 30.5 Å². The van der Waals surface area contributed by atoms with Gasteiger partial charge < -0.3 is 10.1 Å². The minimum atomic E-state index is -0.317. The third-order valence-corrected chi connectivity index (χ3v) is 2.99. The van der Waals surface area contributed by atoms with Crippen LogP contribution >= 0.6 is 0 Å². The van der Waals surface area contributed by atoms with Crippen molar-refractivity contribution in [1.82, 2.24) is 10.3 Å². The second kappa shape index (κ2) is 5.36. The average Bonchev–Trinajstić information content (AvgIpc) is 3.22. The Kier molecular flexibility index (Phi) is 3.42. The highest BCUT2D eigenvalue weighted by atomic mass is 19.1. The summed E-state index contributed by atoms with van der Waals surface area (Å²) in [5, 5.41) is 3.42. The quantitative estimate of drug-likeness (QED) is 0.893. The van der Waals surface area contributed by atoms with E-state index >= 15 is 0 Å². The zero-order valence-electron chi connectivity index (χ0n) is 10.5. The van der Waals surface area contributed by atoms with Crippen LogP contribution in [0.2, 0.25) is 0 Å². The number of nitrogens with zero attached hydrogens (tertiary/aromatic N) is 1. The molecule has 1 saturated carbocycles. The van der Waals surface area contributed by atoms with Crippen molar-refractivity contribution in [3.63, 3.8) is 0 Å². The summed E-state index contributed by atoms with van der Waals surface area (Å²) in [7, 11) is 0. The molecule has 1 aromatic heterocycles. The van der Waals surface area contributed by atoms with Crippen LogP contribution < -0.4 is 10.1 Å². The van der Waals surface area contributed by atoms with Gasteiger partial charge in [0.2, 0.25) is 5.88 Å². The van der Waals surface area contributed by atoms with Crippen LogP contribution in [0, 0.1) is 5.82 Å². The lowest BCUT2D eigenvalue weighted by atomic mass is 10.3. The molecule has 1 aliphatic carbocycles. The van der Waals surface area contributed by atoms with Gasteiger partial charge in [-0.25, -0.2) is 9.37 Å². The number of ether oxygens (including phenoxy) is 1. The highest BCUT2D eigenvalue weighted by molar-refractivity contribution is 5.28. The number of aromatic nitrogens is 1. The Morgan fingerprint density at radius 1 is 1.26 bits per heavy atom. The van der Waals surface area contributed by atoms with E-state index in [0.717, 1.165) is 12.1 Å². The van der Waals surface area contributed by atoms with Crippen LogP contribution in [0.15, 0.2) is 42.6 Å². The molecule has 2 aromatic rings. The zero-order chi connectivity index (χ0) is 13.1. The summed E-state index contributed by atoms with van der Waals surface area (Å²) in [5.41, 5.74) is 1.12. The number of nitrogens with one attached hydrogen (secondary N) is 1. The van der Waals surface area contributed by atoms with E-state index in [4.69, 9.17) is 4.74 Å². The summed E-state index contributed by atoms with van der Waals surface area (Å²) in [6, 6.07) is 10.5. The van der Waals surface area contributed by atoms with E-state index in [0.29, 0.717) is 17.7 Å². The molecule has 0 atom stereocenters. The minimum absolute atomic E-state index is 0.317. The maximum Gasteiger partial charge on any atom is 0.219 e. The Morgan fingerprint density at radius 2 is 2.16 bits per heavy atom. The van der Waals surface area contributed by atoms with E-state index in [2.05, 4.69) is 10.3 Å². The second-order valence-electron chi connectivity index (χ2n) is 4.72. The number of hydrogen-bond donors (Lipinski definition) is 1. The largest absolute Gasteiger partial charge is 0.439 e. The third-order valence-electron chi connectivity index (χ3n) is 2.99. The van der Waals surface area contributed by atoms with Gasteiger partial charge in [-0.15, -0.1) is 0 Å². The molecule has 0 bridgehead atoms. The van der Waals surface area contributed by atoms with Gasteiger partial charge in [0.15, 0.2) is 0 Å². The van der Waals surface area contributed by atoms with E-state index in [1.807, 2.05) is 6.07 Å². The first-order valence-corrected chi connectivity index (χ1v) is 6.41. The maximum atomic E-state index is 13.0. The molecule has 1 fully saturated rings. The SMILES string of the molecule is Fc1cccc(Oc2ccc(CNC3CC3)cn2)c1. The Labute approximate surface area is 111 Å². The van der Waals surface area contributed by atoms with Crippen molar-refractivity contribution >= 4 is 0 Å². The van der Waals surface area contributed by atoms with Crippen LogP contribution in [0.25, 0.3) is 0 Å². The van der Waals surface area contributed by atoms with Crippen molar-refractivity contribution in [2.24, 2.45) is 0 Å². The smallest absolute Gasteiger partial charge is 0.219 e. The lowest BCUT2D eigenvalue weighted by Crippen LogP contribution is -2.15. The van der Waals surface area contributed by atoms with Crippen molar-refractivity contribution in [2.45, 2.75) is 25.4 Å². The molecule has 4 heteroatoms. The Balaban J connectivity index is 1.61. The van der Waals surface area contributed by atoms with Crippen LogP contribution in [0.3, 0.4) is 0 Å². The van der Waals surface area contributed by atoms with Crippen LogP contribution in [0.1, 0.15) is 18.4 Å². The minimum Gasteiger partial charge on any atom is -0.439 e. The summed E-state index contributed by atoms with van der Waals surface area (Å²) >= 11 is 0. The molecule has 98 valence electrons. The Hall–Kier alpha value is -1.94. The predicted octanol–water partition coefficient (Wildman–Crippen LogP) is 3.27. The Bertz CT molecular complexity index is 552. The van der Waals surface area contributed by atoms with E-state index in [1.165, 1.54) is 25.0 Å². The highest BCUT2D eigenvalue weighted by Gasteiger charge is 2.19. The van der Waals surface area contributed by atoms with E-state index in [9.17, 15) is 4.39 Å². The van der Waals surface area contributed by atoms with Crippen LogP contribution in [-0.4, -0.2) is 11.0 Å². The fourth-order valence-electron chi connectivity index (χ4n) is 1.78. The first-order chi connectivity index (χ1) is 9.29. The summed E-state index contributed by atoms with van der Waals surface area (Å²) in [6.45, 7) is 0.831. The van der Waals surface area contributed by atoms with Crippen molar-refractivity contribution in [2.75, 3.05) is 0 Å². The first kappa shape index (κ1) is 12.1. The molecule has 1 aromatic carbocycles. The summed E-state index contributed by atoms with van der Waals surface area (Å²) in [4.78, 5) is 4.22. The van der Waals surface area contributed by atoms with Gasteiger partial charge in [0, 0.05) is 30.9 Å². The highest BCUT2D eigenvalue weighted by Crippen LogP contribution is 2.21. The topological polar surface area (TPSA) is 34.1 Å². The summed E-state index contributed by atoms with van der Waals surface area (Å²) < 4.78 is 18.5. The molecular formula is C15H15FN2O. The molecule has 0 aliphatic heterocycles. The van der Waals surface area contributed by atoms with E-state index in [1.54, 1.807) is 24.4 Å². The lowest BCUT2D eigenvalue weighted by Gasteiger charge is -2.06. The van der Waals surface area contributed by atoms with Gasteiger partial charge in [0.05, 0.1) is 0 Å². The molecule has 0 radical (unpaired) electrons. The molecule has 1 N–H and O–H groups in total. The van der Waals surface area contributed by atoms with Crippen molar-refractivity contribution in [1.29, 1.82) is 0 Å². The van der Waals surface area contributed by atoms with Crippen molar-refractivity contribution in [3.8, 4) is 11.6 Å². The third kappa shape index (κ3) is 3.51. The van der Waals surface area contributed by atoms with E-state index in [-0.39, 0.29) is 5.82 Å². The van der Waals surface area contributed by atoms with Gasteiger partial charge in [-0.3, -0.25) is 0 Å². The Morgan fingerprint density at radius 3 is 2.84 bits per heavy atom. The molecule has 0 spiro atoms. The molecule has 0 unspecified atom stereocenters. The van der Waals surface area contributed by atoms with Crippen molar-refractivity contribution in [3.05, 3.63) is 54.0 Å². The van der Waals surface area contributed by atoms with E-state index < -0.39 is 0 Å². The first-order valence-electron chi connectivity index (χ1n) is 6.41. The molecule has 0 saturated heterocycles. The molecule has 3 nitrogen and oxygen atoms in total. The molecule has 1 heterocycles. The van der Waals surface area contributed by atoms with Crippen LogP contribution in [0.5, 0.6) is 11.6 Å². The monoisotopic (exact) mass is 258 g/mol. The van der Waals surface area contributed by atoms with Gasteiger partial charge in [0.25, 0.3) is 0 Å². The normalized spacial score (nSPS) is 14.4. The molecule has 1 aliphatic rings. The van der Waals surface area contributed by atoms with Gasteiger partial charge in [0.1, 0.15) is 11.6 Å². The maximum absolute atomic E-state index is 13.0. The predicted molar refractivity (Wildman–Crippen MR) is 70.6 cm³/mol.